The average Bonchev–Trinajstić information content (AvgIpc) is 2.45. The van der Waals surface area contributed by atoms with Crippen LogP contribution in [0.3, 0.4) is 0 Å². The number of rotatable bonds is 5. The molecule has 0 aliphatic rings. The molecular weight excluding hydrogens is 278 g/mol. The number of likely N-dealkylation sites (N-methyl/N-ethyl adjacent to an activating group) is 1. The van der Waals surface area contributed by atoms with Crippen LogP contribution in [0.15, 0.2) is 36.8 Å². The van der Waals surface area contributed by atoms with E-state index >= 15 is 0 Å². The van der Waals surface area contributed by atoms with Crippen molar-refractivity contribution >= 4 is 23.4 Å². The van der Waals surface area contributed by atoms with Gasteiger partial charge in [-0.1, -0.05) is 11.6 Å². The van der Waals surface area contributed by atoms with Crippen LogP contribution in [0.5, 0.6) is 0 Å². The maximum atomic E-state index is 10.8. The molecule has 0 saturated carbocycles. The zero-order valence-electron chi connectivity index (χ0n) is 11.0. The molecule has 0 saturated heterocycles. The van der Waals surface area contributed by atoms with Gasteiger partial charge in [0.15, 0.2) is 0 Å². The van der Waals surface area contributed by atoms with Crippen molar-refractivity contribution in [1.82, 2.24) is 9.97 Å². The Kier molecular flexibility index (Phi) is 4.53. The van der Waals surface area contributed by atoms with E-state index in [1.807, 2.05) is 24.1 Å². The van der Waals surface area contributed by atoms with Gasteiger partial charge < -0.3 is 10.0 Å². The summed E-state index contributed by atoms with van der Waals surface area (Å²) in [5.74, 6) is -0.462. The lowest BCUT2D eigenvalue weighted by molar-refractivity contribution is 0.0696. The average molecular weight is 292 g/mol. The van der Waals surface area contributed by atoms with Crippen molar-refractivity contribution in [2.75, 3.05) is 18.5 Å². The highest BCUT2D eigenvalue weighted by Crippen LogP contribution is 2.23. The summed E-state index contributed by atoms with van der Waals surface area (Å²) < 4.78 is 0. The second-order valence-electron chi connectivity index (χ2n) is 4.36. The van der Waals surface area contributed by atoms with Gasteiger partial charge in [0.05, 0.1) is 10.6 Å². The van der Waals surface area contributed by atoms with E-state index in [0.29, 0.717) is 10.8 Å². The second-order valence-corrected chi connectivity index (χ2v) is 4.77. The topological polar surface area (TPSA) is 66.3 Å². The molecule has 0 aliphatic carbocycles. The van der Waals surface area contributed by atoms with Gasteiger partial charge in [-0.3, -0.25) is 4.98 Å². The minimum absolute atomic E-state index is 0.0845. The largest absolute Gasteiger partial charge is 0.478 e. The fourth-order valence-corrected chi connectivity index (χ4v) is 2.09. The molecule has 20 heavy (non-hydrogen) atoms. The van der Waals surface area contributed by atoms with Gasteiger partial charge in [-0.25, -0.2) is 9.78 Å². The molecule has 0 bridgehead atoms. The number of pyridine rings is 2. The molecule has 0 aromatic carbocycles. The normalized spacial score (nSPS) is 10.3. The molecule has 104 valence electrons. The number of hydrogen-bond acceptors (Lipinski definition) is 4. The Labute approximate surface area is 121 Å². The number of carboxylic acid groups (broad SMARTS) is 1. The van der Waals surface area contributed by atoms with Crippen LogP contribution in [0.4, 0.5) is 5.82 Å². The Hall–Kier alpha value is -2.14. The molecule has 0 fully saturated rings. The van der Waals surface area contributed by atoms with E-state index in [-0.39, 0.29) is 5.56 Å². The van der Waals surface area contributed by atoms with E-state index < -0.39 is 5.97 Å². The fraction of sp³-hybridized carbons (Fsp3) is 0.214. The number of carboxylic acids is 1. The monoisotopic (exact) mass is 291 g/mol. The Bertz CT molecular complexity index is 605. The highest BCUT2D eigenvalue weighted by Gasteiger charge is 2.11. The first-order valence-electron chi connectivity index (χ1n) is 6.07. The summed E-state index contributed by atoms with van der Waals surface area (Å²) in [4.78, 5) is 20.8. The van der Waals surface area contributed by atoms with Gasteiger partial charge >= 0.3 is 5.97 Å². The number of hydrogen-bond donors (Lipinski definition) is 1. The third-order valence-corrected chi connectivity index (χ3v) is 3.19. The molecule has 1 N–H and O–H groups in total. The number of anilines is 1. The quantitative estimate of drug-likeness (QED) is 0.917. The molecule has 0 amide bonds. The number of aromatic nitrogens is 2. The summed E-state index contributed by atoms with van der Waals surface area (Å²) in [5, 5.41) is 9.21. The molecule has 2 heterocycles. The van der Waals surface area contributed by atoms with Crippen LogP contribution in [0, 0.1) is 0 Å². The third kappa shape index (κ3) is 3.45. The SMILES string of the molecule is CN(CCc1ccncc1)c1ncc(C(=O)O)cc1Cl. The molecule has 2 aromatic heterocycles. The molecule has 0 unspecified atom stereocenters. The van der Waals surface area contributed by atoms with Crippen molar-refractivity contribution < 1.29 is 9.90 Å². The summed E-state index contributed by atoms with van der Waals surface area (Å²) in [6.07, 6.45) is 5.65. The summed E-state index contributed by atoms with van der Waals surface area (Å²) >= 11 is 6.07. The van der Waals surface area contributed by atoms with Gasteiger partial charge in [-0.05, 0) is 30.2 Å². The highest BCUT2D eigenvalue weighted by atomic mass is 35.5. The molecule has 5 nitrogen and oxygen atoms in total. The Morgan fingerprint density at radius 3 is 2.70 bits per heavy atom. The predicted octanol–water partition coefficient (Wildman–Crippen LogP) is 2.51. The Morgan fingerprint density at radius 1 is 1.40 bits per heavy atom. The van der Waals surface area contributed by atoms with Crippen LogP contribution < -0.4 is 4.90 Å². The summed E-state index contributed by atoms with van der Waals surface area (Å²) in [7, 11) is 1.87. The van der Waals surface area contributed by atoms with Gasteiger partial charge in [0.25, 0.3) is 0 Å². The fourth-order valence-electron chi connectivity index (χ4n) is 1.78. The van der Waals surface area contributed by atoms with Crippen molar-refractivity contribution in [3.05, 3.63) is 52.9 Å². The van der Waals surface area contributed by atoms with E-state index in [1.165, 1.54) is 17.8 Å². The zero-order valence-corrected chi connectivity index (χ0v) is 11.7. The van der Waals surface area contributed by atoms with Crippen molar-refractivity contribution in [1.29, 1.82) is 0 Å². The third-order valence-electron chi connectivity index (χ3n) is 2.92. The number of aromatic carboxylic acids is 1. The lowest BCUT2D eigenvalue weighted by atomic mass is 10.2. The van der Waals surface area contributed by atoms with Gasteiger partial charge in [0, 0.05) is 32.2 Å². The van der Waals surface area contributed by atoms with Gasteiger partial charge in [0.2, 0.25) is 0 Å². The molecule has 0 aliphatic heterocycles. The number of halogens is 1. The molecule has 2 rings (SSSR count). The van der Waals surface area contributed by atoms with E-state index in [2.05, 4.69) is 9.97 Å². The highest BCUT2D eigenvalue weighted by molar-refractivity contribution is 6.33. The summed E-state index contributed by atoms with van der Waals surface area (Å²) in [6, 6.07) is 5.32. The zero-order chi connectivity index (χ0) is 14.5. The maximum absolute atomic E-state index is 10.8. The van der Waals surface area contributed by atoms with Crippen LogP contribution >= 0.6 is 11.6 Å². The van der Waals surface area contributed by atoms with Crippen LogP contribution in [0.1, 0.15) is 15.9 Å². The Balaban J connectivity index is 2.06. The Morgan fingerprint density at radius 2 is 2.10 bits per heavy atom. The lowest BCUT2D eigenvalue weighted by Gasteiger charge is -2.19. The van der Waals surface area contributed by atoms with Crippen LogP contribution in [0.25, 0.3) is 0 Å². The smallest absolute Gasteiger partial charge is 0.337 e. The van der Waals surface area contributed by atoms with Crippen molar-refractivity contribution in [3.8, 4) is 0 Å². The van der Waals surface area contributed by atoms with Crippen molar-refractivity contribution in [3.63, 3.8) is 0 Å². The molecule has 0 atom stereocenters. The van der Waals surface area contributed by atoms with Crippen LogP contribution in [-0.4, -0.2) is 34.6 Å². The number of nitrogens with zero attached hydrogens (tertiary/aromatic N) is 3. The van der Waals surface area contributed by atoms with Crippen LogP contribution in [-0.2, 0) is 6.42 Å². The van der Waals surface area contributed by atoms with E-state index in [4.69, 9.17) is 16.7 Å². The molecule has 6 heteroatoms. The molecular formula is C14H14ClN3O2. The lowest BCUT2D eigenvalue weighted by Crippen LogP contribution is -2.22. The summed E-state index contributed by atoms with van der Waals surface area (Å²) in [6.45, 7) is 0.725. The standard InChI is InChI=1S/C14H14ClN3O2/c1-18(7-4-10-2-5-16-6-3-10)13-12(15)8-11(9-17-13)14(19)20/h2-3,5-6,8-9H,4,7H2,1H3,(H,19,20). The van der Waals surface area contributed by atoms with Gasteiger partial charge in [-0.15, -0.1) is 0 Å². The van der Waals surface area contributed by atoms with Crippen molar-refractivity contribution in [2.45, 2.75) is 6.42 Å². The van der Waals surface area contributed by atoms with Gasteiger partial charge in [-0.2, -0.15) is 0 Å². The number of carbonyl (C=O) groups is 1. The molecule has 0 spiro atoms. The first-order valence-corrected chi connectivity index (χ1v) is 6.44. The van der Waals surface area contributed by atoms with E-state index in [9.17, 15) is 4.79 Å². The first kappa shape index (κ1) is 14.3. The van der Waals surface area contributed by atoms with Gasteiger partial charge in [0.1, 0.15) is 5.82 Å². The van der Waals surface area contributed by atoms with E-state index in [0.717, 1.165) is 13.0 Å². The van der Waals surface area contributed by atoms with E-state index in [1.54, 1.807) is 12.4 Å². The summed E-state index contributed by atoms with van der Waals surface area (Å²) in [5.41, 5.74) is 1.26. The minimum Gasteiger partial charge on any atom is -0.478 e. The second kappa shape index (κ2) is 6.34. The maximum Gasteiger partial charge on any atom is 0.337 e. The molecule has 0 radical (unpaired) electrons. The predicted molar refractivity (Wildman–Crippen MR) is 77.4 cm³/mol. The van der Waals surface area contributed by atoms with Crippen LogP contribution in [0.2, 0.25) is 5.02 Å². The minimum atomic E-state index is -1.04. The van der Waals surface area contributed by atoms with Crippen molar-refractivity contribution in [2.24, 2.45) is 0 Å². The first-order chi connectivity index (χ1) is 9.58. The molecule has 2 aromatic rings.